The van der Waals surface area contributed by atoms with Crippen LogP contribution in [0, 0.1) is 0 Å². The number of rotatable bonds is 7. The average Bonchev–Trinajstić information content (AvgIpc) is 3.28. The predicted molar refractivity (Wildman–Crippen MR) is 135 cm³/mol. The Hall–Kier alpha value is -2.60. The summed E-state index contributed by atoms with van der Waals surface area (Å²) >= 11 is 0. The number of aryl methyl sites for hydroxylation is 1. The van der Waals surface area contributed by atoms with Crippen molar-refractivity contribution < 1.29 is 4.74 Å². The van der Waals surface area contributed by atoms with E-state index in [4.69, 9.17) is 14.7 Å². The van der Waals surface area contributed by atoms with Crippen LogP contribution in [-0.4, -0.2) is 59.2 Å². The van der Waals surface area contributed by atoms with Gasteiger partial charge >= 0.3 is 0 Å². The Morgan fingerprint density at radius 2 is 1.82 bits per heavy atom. The van der Waals surface area contributed by atoms with Gasteiger partial charge < -0.3 is 4.74 Å². The average molecular weight is 455 g/mol. The number of hydrogen-bond acceptors (Lipinski definition) is 5. The maximum Gasteiger partial charge on any atom is 0.0607 e. The molecule has 0 saturated carbocycles. The summed E-state index contributed by atoms with van der Waals surface area (Å²) < 4.78 is 5.54. The molecule has 3 aromatic rings. The number of pyridine rings is 2. The molecule has 5 nitrogen and oxygen atoms in total. The van der Waals surface area contributed by atoms with Gasteiger partial charge in [-0.05, 0) is 72.2 Å². The molecule has 34 heavy (non-hydrogen) atoms. The second kappa shape index (κ2) is 9.95. The van der Waals surface area contributed by atoms with Crippen molar-refractivity contribution in [2.45, 2.75) is 44.7 Å². The zero-order valence-corrected chi connectivity index (χ0v) is 20.0. The fourth-order valence-corrected chi connectivity index (χ4v) is 6.05. The van der Waals surface area contributed by atoms with Gasteiger partial charge in [0.15, 0.2) is 0 Å². The smallest absolute Gasteiger partial charge is 0.0607 e. The molecule has 176 valence electrons. The van der Waals surface area contributed by atoms with Gasteiger partial charge in [-0.15, -0.1) is 0 Å². The summed E-state index contributed by atoms with van der Waals surface area (Å²) in [6.07, 6.45) is 9.69. The molecule has 0 N–H and O–H groups in total. The summed E-state index contributed by atoms with van der Waals surface area (Å²) in [4.78, 5) is 15.0. The number of hydrogen-bond donors (Lipinski definition) is 0. The van der Waals surface area contributed by atoms with Crippen LogP contribution in [0.4, 0.5) is 0 Å². The van der Waals surface area contributed by atoms with E-state index < -0.39 is 0 Å². The van der Waals surface area contributed by atoms with Crippen molar-refractivity contribution in [3.05, 3.63) is 82.9 Å². The van der Waals surface area contributed by atoms with Crippen molar-refractivity contribution in [2.24, 2.45) is 0 Å². The van der Waals surface area contributed by atoms with Crippen molar-refractivity contribution >= 4 is 0 Å². The van der Waals surface area contributed by atoms with E-state index >= 15 is 0 Å². The topological polar surface area (TPSA) is 41.5 Å². The summed E-state index contributed by atoms with van der Waals surface area (Å²) in [5, 5.41) is 0. The van der Waals surface area contributed by atoms with E-state index in [1.165, 1.54) is 52.0 Å². The van der Waals surface area contributed by atoms with Gasteiger partial charge in [0, 0.05) is 45.0 Å². The Kier molecular flexibility index (Phi) is 6.41. The van der Waals surface area contributed by atoms with Crippen LogP contribution in [-0.2, 0) is 24.1 Å². The molecule has 2 aliphatic carbocycles. The highest BCUT2D eigenvalue weighted by atomic mass is 16.5. The van der Waals surface area contributed by atoms with Crippen LogP contribution < -0.4 is 0 Å². The third-order valence-corrected chi connectivity index (χ3v) is 7.80. The van der Waals surface area contributed by atoms with Gasteiger partial charge in [0.2, 0.25) is 0 Å². The van der Waals surface area contributed by atoms with E-state index in [1.807, 2.05) is 12.4 Å². The molecule has 1 fully saturated rings. The van der Waals surface area contributed by atoms with E-state index in [-0.39, 0.29) is 0 Å². The van der Waals surface area contributed by atoms with Crippen molar-refractivity contribution in [1.29, 1.82) is 0 Å². The molecule has 3 heterocycles. The first-order valence-electron chi connectivity index (χ1n) is 12.9. The van der Waals surface area contributed by atoms with Crippen molar-refractivity contribution in [3.63, 3.8) is 0 Å². The first-order valence-corrected chi connectivity index (χ1v) is 12.9. The maximum atomic E-state index is 5.54. The number of aromatic nitrogens is 2. The summed E-state index contributed by atoms with van der Waals surface area (Å²) in [6, 6.07) is 15.8. The van der Waals surface area contributed by atoms with E-state index in [2.05, 4.69) is 52.3 Å². The van der Waals surface area contributed by atoms with Crippen LogP contribution in [0.1, 0.15) is 53.4 Å². The SMILES string of the molecule is c1ccc2c(c1)Cc1c-2ccnc1CN(CCCN1CCOCC1)C1CCCc2cccnc21. The molecule has 0 amide bonds. The Balaban J connectivity index is 1.26. The molecule has 1 saturated heterocycles. The van der Waals surface area contributed by atoms with Crippen molar-refractivity contribution in [3.8, 4) is 11.1 Å². The largest absolute Gasteiger partial charge is 0.379 e. The molecular formula is C29H34N4O. The number of benzene rings is 1. The number of fused-ring (bicyclic) bond motifs is 4. The minimum Gasteiger partial charge on any atom is -0.379 e. The predicted octanol–water partition coefficient (Wildman–Crippen LogP) is 4.65. The summed E-state index contributed by atoms with van der Waals surface area (Å²) in [7, 11) is 0. The first-order chi connectivity index (χ1) is 16.9. The summed E-state index contributed by atoms with van der Waals surface area (Å²) in [5.74, 6) is 0. The molecule has 2 aromatic heterocycles. The number of morpholine rings is 1. The van der Waals surface area contributed by atoms with Crippen LogP contribution in [0.3, 0.4) is 0 Å². The third kappa shape index (κ3) is 4.40. The standard InChI is InChI=1S/C29H34N4O/c1-2-9-24-23(6-1)20-26-25(24)11-13-30-27(26)21-33(15-5-14-32-16-18-34-19-17-32)28-10-3-7-22-8-4-12-31-29(22)28/h1-2,4,6,8-9,11-13,28H,3,5,7,10,14-21H2. The molecule has 1 atom stereocenters. The molecule has 5 heteroatoms. The summed E-state index contributed by atoms with van der Waals surface area (Å²) in [6.45, 7) is 6.93. The van der Waals surface area contributed by atoms with Crippen LogP contribution in [0.5, 0.6) is 0 Å². The molecular weight excluding hydrogens is 420 g/mol. The lowest BCUT2D eigenvalue weighted by Gasteiger charge is -2.36. The van der Waals surface area contributed by atoms with Gasteiger partial charge in [0.25, 0.3) is 0 Å². The van der Waals surface area contributed by atoms with Crippen LogP contribution in [0.15, 0.2) is 54.9 Å². The van der Waals surface area contributed by atoms with Gasteiger partial charge in [0.05, 0.1) is 30.6 Å². The van der Waals surface area contributed by atoms with Gasteiger partial charge in [0.1, 0.15) is 0 Å². The fourth-order valence-electron chi connectivity index (χ4n) is 6.05. The molecule has 1 aromatic carbocycles. The second-order valence-corrected chi connectivity index (χ2v) is 9.85. The highest BCUT2D eigenvalue weighted by Crippen LogP contribution is 2.39. The second-order valence-electron chi connectivity index (χ2n) is 9.85. The molecule has 0 spiro atoms. The molecule has 0 bridgehead atoms. The van der Waals surface area contributed by atoms with E-state index in [9.17, 15) is 0 Å². The fraction of sp³-hybridized carbons (Fsp3) is 0.448. The minimum atomic E-state index is 0.371. The number of ether oxygens (including phenoxy) is 1. The third-order valence-electron chi connectivity index (χ3n) is 7.80. The molecule has 1 aliphatic heterocycles. The number of nitrogens with zero attached hydrogens (tertiary/aromatic N) is 4. The molecule has 3 aliphatic rings. The lowest BCUT2D eigenvalue weighted by Crippen LogP contribution is -2.39. The first kappa shape index (κ1) is 21.9. The van der Waals surface area contributed by atoms with E-state index in [0.29, 0.717) is 6.04 Å². The van der Waals surface area contributed by atoms with Gasteiger partial charge in [-0.2, -0.15) is 0 Å². The Labute approximate surface area is 202 Å². The maximum absolute atomic E-state index is 5.54. The molecule has 0 radical (unpaired) electrons. The normalized spacial score (nSPS) is 19.6. The van der Waals surface area contributed by atoms with Crippen LogP contribution >= 0.6 is 0 Å². The highest BCUT2D eigenvalue weighted by molar-refractivity contribution is 5.77. The van der Waals surface area contributed by atoms with E-state index in [0.717, 1.165) is 65.2 Å². The monoisotopic (exact) mass is 454 g/mol. The zero-order chi connectivity index (χ0) is 22.7. The van der Waals surface area contributed by atoms with Gasteiger partial charge in [-0.1, -0.05) is 30.3 Å². The van der Waals surface area contributed by atoms with Gasteiger partial charge in [-0.25, -0.2) is 0 Å². The summed E-state index contributed by atoms with van der Waals surface area (Å²) in [5.41, 5.74) is 9.55. The van der Waals surface area contributed by atoms with Crippen LogP contribution in [0.25, 0.3) is 11.1 Å². The van der Waals surface area contributed by atoms with Crippen molar-refractivity contribution in [1.82, 2.24) is 19.8 Å². The quantitative estimate of drug-likeness (QED) is 0.407. The Bertz CT molecular complexity index is 1140. The lowest BCUT2D eigenvalue weighted by atomic mass is 9.90. The minimum absolute atomic E-state index is 0.371. The lowest BCUT2D eigenvalue weighted by molar-refractivity contribution is 0.0348. The Morgan fingerprint density at radius 1 is 0.941 bits per heavy atom. The zero-order valence-electron chi connectivity index (χ0n) is 20.0. The molecule has 6 rings (SSSR count). The van der Waals surface area contributed by atoms with Gasteiger partial charge in [-0.3, -0.25) is 19.8 Å². The van der Waals surface area contributed by atoms with E-state index in [1.54, 1.807) is 0 Å². The highest BCUT2D eigenvalue weighted by Gasteiger charge is 2.29. The molecule has 1 unspecified atom stereocenters. The Morgan fingerprint density at radius 3 is 2.76 bits per heavy atom. The van der Waals surface area contributed by atoms with Crippen LogP contribution in [0.2, 0.25) is 0 Å². The van der Waals surface area contributed by atoms with Crippen molar-refractivity contribution in [2.75, 3.05) is 39.4 Å².